The maximum atomic E-state index is 4.35. The third-order valence-corrected chi connectivity index (χ3v) is 2.75. The second-order valence-corrected chi connectivity index (χ2v) is 4.05. The average Bonchev–Trinajstić information content (AvgIpc) is 2.38. The van der Waals surface area contributed by atoms with Crippen LogP contribution >= 0.6 is 0 Å². The molecule has 0 bridgehead atoms. The van der Waals surface area contributed by atoms with E-state index in [1.165, 1.54) is 11.1 Å². The summed E-state index contributed by atoms with van der Waals surface area (Å²) < 4.78 is 0. The lowest BCUT2D eigenvalue weighted by molar-refractivity contribution is 0.671. The molecule has 88 valence electrons. The maximum absolute atomic E-state index is 4.35. The van der Waals surface area contributed by atoms with Gasteiger partial charge in [0.15, 0.2) is 0 Å². The fourth-order valence-electron chi connectivity index (χ4n) is 1.69. The van der Waals surface area contributed by atoms with Crippen molar-refractivity contribution in [2.45, 2.75) is 19.9 Å². The van der Waals surface area contributed by atoms with Crippen LogP contribution in [-0.2, 0) is 13.0 Å². The molecule has 0 unspecified atom stereocenters. The van der Waals surface area contributed by atoms with Gasteiger partial charge >= 0.3 is 0 Å². The highest BCUT2D eigenvalue weighted by molar-refractivity contribution is 5.17. The highest BCUT2D eigenvalue weighted by atomic mass is 14.9. The standard InChI is InChI=1S/C14H17N3/c1-12-3-2-7-17-14(12)11-16-10-6-13-4-8-15-9-5-13/h2-5,7-9,16H,6,10-11H2,1H3. The van der Waals surface area contributed by atoms with Crippen molar-refractivity contribution in [2.75, 3.05) is 6.54 Å². The molecule has 1 N–H and O–H groups in total. The number of rotatable bonds is 5. The van der Waals surface area contributed by atoms with E-state index in [9.17, 15) is 0 Å². The van der Waals surface area contributed by atoms with E-state index in [0.29, 0.717) is 0 Å². The van der Waals surface area contributed by atoms with Crippen molar-refractivity contribution < 1.29 is 0 Å². The zero-order valence-electron chi connectivity index (χ0n) is 10.1. The molecule has 0 amide bonds. The summed E-state index contributed by atoms with van der Waals surface area (Å²) >= 11 is 0. The normalized spacial score (nSPS) is 10.4. The first-order chi connectivity index (χ1) is 8.36. The van der Waals surface area contributed by atoms with Crippen LogP contribution < -0.4 is 5.32 Å². The molecule has 3 heteroatoms. The fourth-order valence-corrected chi connectivity index (χ4v) is 1.69. The van der Waals surface area contributed by atoms with Crippen LogP contribution in [0.25, 0.3) is 0 Å². The number of aryl methyl sites for hydroxylation is 1. The Balaban J connectivity index is 1.76. The maximum Gasteiger partial charge on any atom is 0.0570 e. The second-order valence-electron chi connectivity index (χ2n) is 4.05. The first-order valence-electron chi connectivity index (χ1n) is 5.86. The summed E-state index contributed by atoms with van der Waals surface area (Å²) in [7, 11) is 0. The van der Waals surface area contributed by atoms with E-state index in [2.05, 4.69) is 28.3 Å². The molecular formula is C14H17N3. The SMILES string of the molecule is Cc1cccnc1CNCCc1ccncc1. The van der Waals surface area contributed by atoms with Gasteiger partial charge in [0, 0.05) is 25.1 Å². The molecule has 0 aliphatic rings. The number of aromatic nitrogens is 2. The van der Waals surface area contributed by atoms with Gasteiger partial charge < -0.3 is 5.32 Å². The van der Waals surface area contributed by atoms with E-state index < -0.39 is 0 Å². The highest BCUT2D eigenvalue weighted by Gasteiger charge is 1.97. The summed E-state index contributed by atoms with van der Waals surface area (Å²) in [6.45, 7) is 3.88. The van der Waals surface area contributed by atoms with Gasteiger partial charge in [-0.1, -0.05) is 6.07 Å². The summed E-state index contributed by atoms with van der Waals surface area (Å²) in [4.78, 5) is 8.35. The largest absolute Gasteiger partial charge is 0.311 e. The van der Waals surface area contributed by atoms with E-state index in [-0.39, 0.29) is 0 Å². The molecule has 0 aliphatic heterocycles. The number of hydrogen-bond acceptors (Lipinski definition) is 3. The van der Waals surface area contributed by atoms with Gasteiger partial charge in [0.2, 0.25) is 0 Å². The monoisotopic (exact) mass is 227 g/mol. The van der Waals surface area contributed by atoms with Gasteiger partial charge in [0.25, 0.3) is 0 Å². The smallest absolute Gasteiger partial charge is 0.0570 e. The van der Waals surface area contributed by atoms with Crippen LogP contribution in [0.4, 0.5) is 0 Å². The third-order valence-electron chi connectivity index (χ3n) is 2.75. The molecule has 0 aliphatic carbocycles. The lowest BCUT2D eigenvalue weighted by Crippen LogP contribution is -2.18. The fraction of sp³-hybridized carbons (Fsp3) is 0.286. The Hall–Kier alpha value is -1.74. The Kier molecular flexibility index (Phi) is 4.22. The molecule has 2 aromatic rings. The van der Waals surface area contributed by atoms with Crippen molar-refractivity contribution in [3.63, 3.8) is 0 Å². The second kappa shape index (κ2) is 6.11. The minimum atomic E-state index is 0.831. The van der Waals surface area contributed by atoms with Crippen molar-refractivity contribution in [3.8, 4) is 0 Å². The average molecular weight is 227 g/mol. The lowest BCUT2D eigenvalue weighted by Gasteiger charge is -2.06. The van der Waals surface area contributed by atoms with E-state index in [1.54, 1.807) is 0 Å². The van der Waals surface area contributed by atoms with Crippen LogP contribution in [-0.4, -0.2) is 16.5 Å². The summed E-state index contributed by atoms with van der Waals surface area (Å²) in [5.41, 5.74) is 3.68. The Morgan fingerprint density at radius 3 is 2.71 bits per heavy atom. The van der Waals surface area contributed by atoms with Gasteiger partial charge in [-0.2, -0.15) is 0 Å². The number of nitrogens with one attached hydrogen (secondary N) is 1. The molecule has 17 heavy (non-hydrogen) atoms. The molecule has 0 radical (unpaired) electrons. The highest BCUT2D eigenvalue weighted by Crippen LogP contribution is 2.02. The third kappa shape index (κ3) is 3.64. The Bertz CT molecular complexity index is 454. The lowest BCUT2D eigenvalue weighted by atomic mass is 10.2. The van der Waals surface area contributed by atoms with E-state index in [1.807, 2.05) is 36.8 Å². The van der Waals surface area contributed by atoms with Crippen molar-refractivity contribution in [2.24, 2.45) is 0 Å². The molecule has 0 aromatic carbocycles. The van der Waals surface area contributed by atoms with Crippen LogP contribution in [0.2, 0.25) is 0 Å². The van der Waals surface area contributed by atoms with Crippen LogP contribution in [0, 0.1) is 6.92 Å². The predicted molar refractivity (Wildman–Crippen MR) is 68.6 cm³/mol. The van der Waals surface area contributed by atoms with Crippen LogP contribution in [0.3, 0.4) is 0 Å². The molecule has 3 nitrogen and oxygen atoms in total. The number of pyridine rings is 2. The zero-order chi connectivity index (χ0) is 11.9. The topological polar surface area (TPSA) is 37.8 Å². The minimum absolute atomic E-state index is 0.831. The molecular weight excluding hydrogens is 210 g/mol. The first kappa shape index (κ1) is 11.7. The van der Waals surface area contributed by atoms with Crippen LogP contribution in [0.15, 0.2) is 42.9 Å². The van der Waals surface area contributed by atoms with Crippen molar-refractivity contribution >= 4 is 0 Å². The molecule has 0 saturated carbocycles. The molecule has 0 atom stereocenters. The van der Waals surface area contributed by atoms with Gasteiger partial charge in [0.05, 0.1) is 5.69 Å². The van der Waals surface area contributed by atoms with E-state index in [0.717, 1.165) is 25.2 Å². The van der Waals surface area contributed by atoms with E-state index >= 15 is 0 Å². The van der Waals surface area contributed by atoms with Crippen molar-refractivity contribution in [1.82, 2.24) is 15.3 Å². The van der Waals surface area contributed by atoms with Crippen LogP contribution in [0.1, 0.15) is 16.8 Å². The molecule has 2 aromatic heterocycles. The Morgan fingerprint density at radius 1 is 1.12 bits per heavy atom. The molecule has 0 saturated heterocycles. The van der Waals surface area contributed by atoms with Gasteiger partial charge in [-0.25, -0.2) is 0 Å². The van der Waals surface area contributed by atoms with Crippen molar-refractivity contribution in [3.05, 3.63) is 59.7 Å². The minimum Gasteiger partial charge on any atom is -0.311 e. The number of nitrogens with zero attached hydrogens (tertiary/aromatic N) is 2. The summed E-state index contributed by atoms with van der Waals surface area (Å²) in [5.74, 6) is 0. The number of hydrogen-bond donors (Lipinski definition) is 1. The van der Waals surface area contributed by atoms with Gasteiger partial charge in [0.1, 0.15) is 0 Å². The Morgan fingerprint density at radius 2 is 1.94 bits per heavy atom. The first-order valence-corrected chi connectivity index (χ1v) is 5.86. The molecule has 2 rings (SSSR count). The quantitative estimate of drug-likeness (QED) is 0.795. The predicted octanol–water partition coefficient (Wildman–Crippen LogP) is 2.12. The van der Waals surface area contributed by atoms with E-state index in [4.69, 9.17) is 0 Å². The van der Waals surface area contributed by atoms with Gasteiger partial charge in [-0.05, 0) is 49.2 Å². The van der Waals surface area contributed by atoms with Crippen LogP contribution in [0.5, 0.6) is 0 Å². The summed E-state index contributed by atoms with van der Waals surface area (Å²) in [5, 5.41) is 3.41. The summed E-state index contributed by atoms with van der Waals surface area (Å²) in [6.07, 6.45) is 6.53. The van der Waals surface area contributed by atoms with Gasteiger partial charge in [-0.3, -0.25) is 9.97 Å². The van der Waals surface area contributed by atoms with Gasteiger partial charge in [-0.15, -0.1) is 0 Å². The summed E-state index contributed by atoms with van der Waals surface area (Å²) in [6, 6.07) is 8.16. The zero-order valence-corrected chi connectivity index (χ0v) is 10.1. The molecule has 2 heterocycles. The molecule has 0 fully saturated rings. The Labute approximate surface area is 102 Å². The van der Waals surface area contributed by atoms with Crippen molar-refractivity contribution in [1.29, 1.82) is 0 Å². The molecule has 0 spiro atoms.